The molecule has 0 radical (unpaired) electrons. The fourth-order valence-electron chi connectivity index (χ4n) is 6.94. The zero-order valence-electron chi connectivity index (χ0n) is 20.9. The lowest BCUT2D eigenvalue weighted by atomic mass is 9.57. The lowest BCUT2D eigenvalue weighted by Gasteiger charge is -2.63. The number of aromatic nitrogens is 5. The highest BCUT2D eigenvalue weighted by molar-refractivity contribution is 7.70. The molecule has 3 saturated heterocycles. The first-order valence-electron chi connectivity index (χ1n) is 12.9. The Morgan fingerprint density at radius 1 is 1.06 bits per heavy atom. The minimum absolute atomic E-state index is 0.214. The van der Waals surface area contributed by atoms with Crippen LogP contribution in [0.1, 0.15) is 54.9 Å². The molecule has 0 aromatic carbocycles. The number of carbonyl (C=O) groups is 1. The molecule has 2 aromatic heterocycles. The van der Waals surface area contributed by atoms with Crippen molar-refractivity contribution < 1.29 is 9.36 Å². The van der Waals surface area contributed by atoms with Crippen LogP contribution in [0.3, 0.4) is 0 Å². The highest BCUT2D eigenvalue weighted by Crippen LogP contribution is 2.56. The fraction of sp³-hybridized carbons (Fsp3) is 0.750. The highest BCUT2D eigenvalue weighted by Gasteiger charge is 2.58. The second-order valence-corrected chi connectivity index (χ2v) is 15.7. The van der Waals surface area contributed by atoms with Gasteiger partial charge in [0, 0.05) is 75.5 Å². The van der Waals surface area contributed by atoms with Gasteiger partial charge in [0.2, 0.25) is 0 Å². The van der Waals surface area contributed by atoms with Crippen LogP contribution in [-0.2, 0) is 18.2 Å². The SMILES string of the molecule is Cn1ncc(P(C)(C)=O)c1CN1CC2(C1)CN(C(=O)N1CC3(CC(c4nc(C5CC5)n[nH]4)C3)C1)C2. The van der Waals surface area contributed by atoms with E-state index in [1.807, 2.05) is 34.9 Å². The average molecular weight is 499 g/mol. The predicted octanol–water partition coefficient (Wildman–Crippen LogP) is 1.78. The van der Waals surface area contributed by atoms with Gasteiger partial charge in [0.05, 0.1) is 17.2 Å². The summed E-state index contributed by atoms with van der Waals surface area (Å²) in [4.78, 5) is 24.2. The van der Waals surface area contributed by atoms with Gasteiger partial charge in [-0.3, -0.25) is 14.7 Å². The topological polar surface area (TPSA) is 103 Å². The van der Waals surface area contributed by atoms with Crippen molar-refractivity contribution in [3.05, 3.63) is 23.5 Å². The standard InChI is InChI=1S/C24H35N8O2P/c1-29-18(19(8-25-29)35(2,3)34)9-30-10-24(11-30)14-32(15-24)22(33)31-12-23(13-31)6-17(7-23)21-26-20(27-28-21)16-4-5-16/h8,16-17H,4-7,9-15H2,1-3H3,(H,26,27,28). The summed E-state index contributed by atoms with van der Waals surface area (Å²) in [5.74, 6) is 3.13. The summed E-state index contributed by atoms with van der Waals surface area (Å²) in [5, 5.41) is 12.8. The molecule has 5 fully saturated rings. The van der Waals surface area contributed by atoms with E-state index in [2.05, 4.69) is 20.2 Å². The van der Waals surface area contributed by atoms with Gasteiger partial charge in [-0.05, 0) is 39.0 Å². The van der Waals surface area contributed by atoms with Crippen molar-refractivity contribution in [2.45, 2.75) is 44.1 Å². The van der Waals surface area contributed by atoms with Crippen LogP contribution in [0.4, 0.5) is 4.79 Å². The summed E-state index contributed by atoms with van der Waals surface area (Å²) < 4.78 is 14.5. The van der Waals surface area contributed by atoms with Crippen molar-refractivity contribution in [1.82, 2.24) is 39.7 Å². The second kappa shape index (κ2) is 7.19. The maximum absolute atomic E-state index is 13.0. The largest absolute Gasteiger partial charge is 0.323 e. The van der Waals surface area contributed by atoms with Gasteiger partial charge in [0.15, 0.2) is 5.82 Å². The van der Waals surface area contributed by atoms with Crippen LogP contribution < -0.4 is 5.30 Å². The summed E-state index contributed by atoms with van der Waals surface area (Å²) >= 11 is 0. The van der Waals surface area contributed by atoms with Crippen LogP contribution >= 0.6 is 7.14 Å². The van der Waals surface area contributed by atoms with Crippen LogP contribution in [0.25, 0.3) is 0 Å². The van der Waals surface area contributed by atoms with Crippen LogP contribution in [0.15, 0.2) is 6.20 Å². The van der Waals surface area contributed by atoms with Crippen molar-refractivity contribution >= 4 is 18.5 Å². The highest BCUT2D eigenvalue weighted by atomic mass is 31.2. The Bertz CT molecular complexity index is 1210. The Morgan fingerprint density at radius 2 is 1.71 bits per heavy atom. The van der Waals surface area contributed by atoms with Gasteiger partial charge < -0.3 is 14.4 Å². The van der Waals surface area contributed by atoms with Crippen LogP contribution in [-0.4, -0.2) is 98.3 Å². The molecule has 11 heteroatoms. The number of nitrogens with zero attached hydrogens (tertiary/aromatic N) is 7. The maximum atomic E-state index is 13.0. The Labute approximate surface area is 205 Å². The minimum atomic E-state index is -2.34. The van der Waals surface area contributed by atoms with Crippen LogP contribution in [0.5, 0.6) is 0 Å². The van der Waals surface area contributed by atoms with E-state index in [4.69, 9.17) is 4.98 Å². The number of urea groups is 1. The normalized spacial score (nSPS) is 25.3. The minimum Gasteiger partial charge on any atom is -0.323 e. The van der Waals surface area contributed by atoms with Gasteiger partial charge in [-0.25, -0.2) is 9.78 Å². The first kappa shape index (κ1) is 22.0. The molecule has 10 nitrogen and oxygen atoms in total. The molecule has 2 aliphatic carbocycles. The number of hydrogen-bond donors (Lipinski definition) is 1. The Kier molecular flexibility index (Phi) is 4.53. The summed E-state index contributed by atoms with van der Waals surface area (Å²) in [6, 6.07) is 0.214. The molecule has 0 unspecified atom stereocenters. The van der Waals surface area contributed by atoms with Crippen LogP contribution in [0, 0.1) is 10.8 Å². The van der Waals surface area contributed by atoms with E-state index < -0.39 is 7.14 Å². The molecule has 5 heterocycles. The van der Waals surface area contributed by atoms with Gasteiger partial charge in [0.1, 0.15) is 13.0 Å². The van der Waals surface area contributed by atoms with Crippen molar-refractivity contribution in [1.29, 1.82) is 0 Å². The van der Waals surface area contributed by atoms with E-state index in [-0.39, 0.29) is 11.4 Å². The van der Waals surface area contributed by atoms with E-state index >= 15 is 0 Å². The van der Waals surface area contributed by atoms with E-state index in [1.165, 1.54) is 12.8 Å². The molecular formula is C24H35N8O2P. The summed E-state index contributed by atoms with van der Waals surface area (Å²) in [5.41, 5.74) is 1.60. The molecule has 2 amide bonds. The first-order valence-corrected chi connectivity index (χ1v) is 15.5. The molecule has 0 bridgehead atoms. The van der Waals surface area contributed by atoms with Gasteiger partial charge >= 0.3 is 6.03 Å². The van der Waals surface area contributed by atoms with Gasteiger partial charge in [0.25, 0.3) is 0 Å². The third kappa shape index (κ3) is 3.58. The molecule has 35 heavy (non-hydrogen) atoms. The number of aromatic amines is 1. The number of H-pyrrole nitrogens is 1. The third-order valence-electron chi connectivity index (χ3n) is 8.97. The number of nitrogens with one attached hydrogen (secondary N) is 1. The van der Waals surface area contributed by atoms with E-state index in [0.29, 0.717) is 17.3 Å². The predicted molar refractivity (Wildman–Crippen MR) is 131 cm³/mol. The molecule has 2 spiro atoms. The van der Waals surface area contributed by atoms with Crippen molar-refractivity contribution in [3.63, 3.8) is 0 Å². The van der Waals surface area contributed by atoms with E-state index in [9.17, 15) is 9.36 Å². The molecule has 2 aromatic rings. The molecule has 2 saturated carbocycles. The maximum Gasteiger partial charge on any atom is 0.320 e. The van der Waals surface area contributed by atoms with Crippen LogP contribution in [0.2, 0.25) is 0 Å². The monoisotopic (exact) mass is 498 g/mol. The lowest BCUT2D eigenvalue weighted by molar-refractivity contribution is -0.117. The number of carbonyl (C=O) groups excluding carboxylic acids is 1. The average Bonchev–Trinajstić information content (AvgIpc) is 3.29. The number of amides is 2. The molecule has 5 aliphatic rings. The molecule has 0 atom stereocenters. The van der Waals surface area contributed by atoms with Crippen molar-refractivity contribution in [2.75, 3.05) is 52.6 Å². The van der Waals surface area contributed by atoms with Crippen molar-refractivity contribution in [2.24, 2.45) is 17.9 Å². The van der Waals surface area contributed by atoms with E-state index in [0.717, 1.165) is 81.3 Å². The number of likely N-dealkylation sites (tertiary alicyclic amines) is 3. The summed E-state index contributed by atoms with van der Waals surface area (Å²) in [7, 11) is -0.416. The Hall–Kier alpha value is -2.19. The summed E-state index contributed by atoms with van der Waals surface area (Å²) in [6.45, 7) is 9.86. The molecule has 7 rings (SSSR count). The Balaban J connectivity index is 0.867. The zero-order valence-corrected chi connectivity index (χ0v) is 21.8. The fourth-order valence-corrected chi connectivity index (χ4v) is 8.11. The quantitative estimate of drug-likeness (QED) is 0.631. The van der Waals surface area contributed by atoms with Crippen molar-refractivity contribution in [3.8, 4) is 0 Å². The van der Waals surface area contributed by atoms with Gasteiger partial charge in [-0.15, -0.1) is 0 Å². The first-order chi connectivity index (χ1) is 16.6. The summed E-state index contributed by atoms with van der Waals surface area (Å²) in [6.07, 6.45) is 6.45. The zero-order chi connectivity index (χ0) is 24.2. The van der Waals surface area contributed by atoms with Gasteiger partial charge in [-0.1, -0.05) is 0 Å². The van der Waals surface area contributed by atoms with E-state index in [1.54, 1.807) is 6.20 Å². The molecular weight excluding hydrogens is 463 g/mol. The molecule has 1 N–H and O–H groups in total. The Morgan fingerprint density at radius 3 is 2.34 bits per heavy atom. The van der Waals surface area contributed by atoms with Gasteiger partial charge in [-0.2, -0.15) is 10.2 Å². The number of rotatable bonds is 5. The third-order valence-corrected chi connectivity index (χ3v) is 10.5. The second-order valence-electron chi connectivity index (χ2n) is 12.5. The molecule has 188 valence electrons. The smallest absolute Gasteiger partial charge is 0.320 e. The lowest BCUT2D eigenvalue weighted by Crippen LogP contribution is -2.75. The molecule has 3 aliphatic heterocycles. The number of hydrogen-bond acceptors (Lipinski definition) is 6. The number of aryl methyl sites for hydroxylation is 1.